The molecule has 3 rings (SSSR count). The summed E-state index contributed by atoms with van der Waals surface area (Å²) in [6.07, 6.45) is 2.92. The molecule has 2 aliphatic rings. The Balaban J connectivity index is 1.92. The van der Waals surface area contributed by atoms with Crippen LogP contribution in [-0.2, 0) is 9.84 Å². The number of anilines is 1. The molecule has 1 saturated heterocycles. The van der Waals surface area contributed by atoms with Crippen molar-refractivity contribution in [2.75, 3.05) is 17.2 Å². The largest absolute Gasteiger partial charge is 0.384 e. The fourth-order valence-corrected chi connectivity index (χ4v) is 4.01. The molecule has 0 amide bonds. The maximum absolute atomic E-state index is 11.4. The van der Waals surface area contributed by atoms with Crippen LogP contribution in [0.15, 0.2) is 6.07 Å². The van der Waals surface area contributed by atoms with E-state index in [0.29, 0.717) is 24.0 Å². The molecule has 1 saturated carbocycles. The highest BCUT2D eigenvalue weighted by atomic mass is 32.2. The van der Waals surface area contributed by atoms with Crippen molar-refractivity contribution in [1.29, 1.82) is 0 Å². The second kappa shape index (κ2) is 3.66. The van der Waals surface area contributed by atoms with Crippen molar-refractivity contribution in [3.8, 4) is 0 Å². The summed E-state index contributed by atoms with van der Waals surface area (Å²) in [6, 6.07) is 1.81. The Morgan fingerprint density at radius 3 is 2.53 bits per heavy atom. The third-order valence-electron chi connectivity index (χ3n) is 3.38. The summed E-state index contributed by atoms with van der Waals surface area (Å²) < 4.78 is 22.9. The molecule has 17 heavy (non-hydrogen) atoms. The lowest BCUT2D eigenvalue weighted by Crippen LogP contribution is -2.10. The predicted molar refractivity (Wildman–Crippen MR) is 64.4 cm³/mol. The number of nitrogens with two attached hydrogens (primary N) is 1. The van der Waals surface area contributed by atoms with E-state index in [2.05, 4.69) is 9.97 Å². The molecule has 2 heterocycles. The average molecular weight is 253 g/mol. The summed E-state index contributed by atoms with van der Waals surface area (Å²) in [4.78, 5) is 8.68. The van der Waals surface area contributed by atoms with Gasteiger partial charge in [0.25, 0.3) is 0 Å². The van der Waals surface area contributed by atoms with Crippen LogP contribution in [0.3, 0.4) is 0 Å². The molecule has 0 spiro atoms. The van der Waals surface area contributed by atoms with Crippen LogP contribution < -0.4 is 5.73 Å². The molecule has 1 aromatic rings. The Kier molecular flexibility index (Phi) is 2.36. The summed E-state index contributed by atoms with van der Waals surface area (Å²) in [5.74, 6) is 1.93. The van der Waals surface area contributed by atoms with Crippen molar-refractivity contribution in [2.45, 2.75) is 31.1 Å². The van der Waals surface area contributed by atoms with Crippen LogP contribution in [0.2, 0.25) is 0 Å². The summed E-state index contributed by atoms with van der Waals surface area (Å²) in [7, 11) is -2.89. The summed E-state index contributed by atoms with van der Waals surface area (Å²) in [5.41, 5.74) is 6.74. The monoisotopic (exact) mass is 253 g/mol. The first kappa shape index (κ1) is 11.0. The van der Waals surface area contributed by atoms with E-state index in [0.717, 1.165) is 18.5 Å². The van der Waals surface area contributed by atoms with Gasteiger partial charge in [-0.2, -0.15) is 0 Å². The molecule has 0 radical (unpaired) electrons. The number of sulfone groups is 1. The van der Waals surface area contributed by atoms with Gasteiger partial charge < -0.3 is 5.73 Å². The van der Waals surface area contributed by atoms with Gasteiger partial charge in [0.2, 0.25) is 0 Å². The van der Waals surface area contributed by atoms with Gasteiger partial charge in [-0.25, -0.2) is 18.4 Å². The second-order valence-corrected chi connectivity index (χ2v) is 7.18. The van der Waals surface area contributed by atoms with Crippen molar-refractivity contribution in [3.05, 3.63) is 17.6 Å². The average Bonchev–Trinajstić information content (AvgIpc) is 3.02. The maximum atomic E-state index is 11.4. The van der Waals surface area contributed by atoms with Crippen molar-refractivity contribution >= 4 is 15.7 Å². The summed E-state index contributed by atoms with van der Waals surface area (Å²) >= 11 is 0. The molecular weight excluding hydrogens is 238 g/mol. The number of hydrogen-bond acceptors (Lipinski definition) is 5. The molecule has 6 heteroatoms. The molecule has 1 atom stereocenters. The van der Waals surface area contributed by atoms with Crippen LogP contribution >= 0.6 is 0 Å². The molecule has 2 fully saturated rings. The minimum Gasteiger partial charge on any atom is -0.384 e. The number of hydrogen-bond donors (Lipinski definition) is 1. The van der Waals surface area contributed by atoms with E-state index in [9.17, 15) is 8.42 Å². The van der Waals surface area contributed by atoms with Gasteiger partial charge in [-0.05, 0) is 19.3 Å². The molecule has 1 aromatic heterocycles. The zero-order valence-electron chi connectivity index (χ0n) is 9.46. The number of rotatable bonds is 2. The van der Waals surface area contributed by atoms with Crippen LogP contribution in [0.4, 0.5) is 5.82 Å². The van der Waals surface area contributed by atoms with Gasteiger partial charge in [-0.1, -0.05) is 0 Å². The molecule has 1 aliphatic heterocycles. The molecule has 0 bridgehead atoms. The summed E-state index contributed by atoms with van der Waals surface area (Å²) in [5, 5.41) is 0. The lowest BCUT2D eigenvalue weighted by atomic mass is 10.1. The van der Waals surface area contributed by atoms with Gasteiger partial charge in [0.15, 0.2) is 9.84 Å². The highest BCUT2D eigenvalue weighted by molar-refractivity contribution is 7.91. The smallest absolute Gasteiger partial charge is 0.151 e. The van der Waals surface area contributed by atoms with E-state index in [1.54, 1.807) is 0 Å². The van der Waals surface area contributed by atoms with Gasteiger partial charge in [0, 0.05) is 23.6 Å². The zero-order chi connectivity index (χ0) is 12.0. The van der Waals surface area contributed by atoms with E-state index in [-0.39, 0.29) is 17.4 Å². The topological polar surface area (TPSA) is 85.9 Å². The van der Waals surface area contributed by atoms with Crippen LogP contribution in [0, 0.1) is 0 Å². The molecule has 5 nitrogen and oxygen atoms in total. The third kappa shape index (κ3) is 2.26. The zero-order valence-corrected chi connectivity index (χ0v) is 10.3. The normalized spacial score (nSPS) is 27.2. The Morgan fingerprint density at radius 2 is 1.94 bits per heavy atom. The molecule has 0 aromatic carbocycles. The SMILES string of the molecule is Nc1cc(C2CC2)nc(C2CCS(=O)(=O)C2)n1. The van der Waals surface area contributed by atoms with Crippen molar-refractivity contribution < 1.29 is 8.42 Å². The van der Waals surface area contributed by atoms with Crippen LogP contribution in [0.25, 0.3) is 0 Å². The number of aromatic nitrogens is 2. The van der Waals surface area contributed by atoms with E-state index < -0.39 is 9.84 Å². The van der Waals surface area contributed by atoms with E-state index in [4.69, 9.17) is 5.73 Å². The minimum atomic E-state index is -2.89. The third-order valence-corrected chi connectivity index (χ3v) is 5.14. The number of nitrogens with zero attached hydrogens (tertiary/aromatic N) is 2. The first-order valence-corrected chi connectivity index (χ1v) is 7.70. The molecule has 1 aliphatic carbocycles. The van der Waals surface area contributed by atoms with E-state index in [1.807, 2.05) is 6.07 Å². The number of nitrogen functional groups attached to an aromatic ring is 1. The predicted octanol–water partition coefficient (Wildman–Crippen LogP) is 0.838. The lowest BCUT2D eigenvalue weighted by Gasteiger charge is -2.09. The fraction of sp³-hybridized carbons (Fsp3) is 0.636. The van der Waals surface area contributed by atoms with Gasteiger partial charge in [0.1, 0.15) is 11.6 Å². The first-order chi connectivity index (χ1) is 8.03. The molecule has 92 valence electrons. The van der Waals surface area contributed by atoms with Gasteiger partial charge in [-0.15, -0.1) is 0 Å². The summed E-state index contributed by atoms with van der Waals surface area (Å²) in [6.45, 7) is 0. The minimum absolute atomic E-state index is 0.0685. The van der Waals surface area contributed by atoms with Gasteiger partial charge in [-0.3, -0.25) is 0 Å². The highest BCUT2D eigenvalue weighted by Gasteiger charge is 2.32. The van der Waals surface area contributed by atoms with E-state index in [1.165, 1.54) is 0 Å². The Morgan fingerprint density at radius 1 is 1.18 bits per heavy atom. The first-order valence-electron chi connectivity index (χ1n) is 5.88. The van der Waals surface area contributed by atoms with Crippen LogP contribution in [0.5, 0.6) is 0 Å². The van der Waals surface area contributed by atoms with Crippen molar-refractivity contribution in [1.82, 2.24) is 9.97 Å². The van der Waals surface area contributed by atoms with Crippen molar-refractivity contribution in [2.24, 2.45) is 0 Å². The molecule has 2 N–H and O–H groups in total. The maximum Gasteiger partial charge on any atom is 0.151 e. The fourth-order valence-electron chi connectivity index (χ4n) is 2.28. The Bertz CT molecular complexity index is 552. The Labute approximate surface area is 100 Å². The van der Waals surface area contributed by atoms with Crippen LogP contribution in [0.1, 0.15) is 42.6 Å². The quantitative estimate of drug-likeness (QED) is 0.844. The highest BCUT2D eigenvalue weighted by Crippen LogP contribution is 2.40. The molecular formula is C11H15N3O2S. The van der Waals surface area contributed by atoms with Gasteiger partial charge in [0.05, 0.1) is 11.5 Å². The molecule has 1 unspecified atom stereocenters. The van der Waals surface area contributed by atoms with Gasteiger partial charge >= 0.3 is 0 Å². The van der Waals surface area contributed by atoms with Crippen LogP contribution in [-0.4, -0.2) is 29.9 Å². The second-order valence-electron chi connectivity index (χ2n) is 4.95. The van der Waals surface area contributed by atoms with E-state index >= 15 is 0 Å². The van der Waals surface area contributed by atoms with Crippen molar-refractivity contribution in [3.63, 3.8) is 0 Å². The Hall–Kier alpha value is -1.17. The standard InChI is InChI=1S/C11H15N3O2S/c12-10-5-9(7-1-2-7)13-11(14-10)8-3-4-17(15,16)6-8/h5,7-8H,1-4,6H2,(H2,12,13,14). The lowest BCUT2D eigenvalue weighted by molar-refractivity contribution is 0.601.